The van der Waals surface area contributed by atoms with Crippen LogP contribution in [0.4, 0.5) is 4.79 Å². The van der Waals surface area contributed by atoms with Gasteiger partial charge in [-0.1, -0.05) is 17.0 Å². The molecule has 0 unspecified atom stereocenters. The first-order valence-electron chi connectivity index (χ1n) is 5.33. The van der Waals surface area contributed by atoms with Gasteiger partial charge in [0.05, 0.1) is 19.8 Å². The van der Waals surface area contributed by atoms with Crippen molar-refractivity contribution in [2.75, 3.05) is 20.8 Å². The first kappa shape index (κ1) is 12.1. The van der Waals surface area contributed by atoms with E-state index in [1.54, 1.807) is 19.2 Å². The van der Waals surface area contributed by atoms with Gasteiger partial charge in [0.2, 0.25) is 6.54 Å². The number of ether oxygens (including phenoxy) is 2. The minimum Gasteiger partial charge on any atom is -0.496 e. The molecule has 0 bridgehead atoms. The molecule has 0 atom stereocenters. The molecule has 0 saturated carbocycles. The van der Waals surface area contributed by atoms with Crippen molar-refractivity contribution in [1.82, 2.24) is 5.32 Å². The van der Waals surface area contributed by atoms with Crippen molar-refractivity contribution in [2.24, 2.45) is 0 Å². The lowest BCUT2D eigenvalue weighted by Crippen LogP contribution is -2.17. The van der Waals surface area contributed by atoms with Gasteiger partial charge in [-0.25, -0.2) is 0 Å². The van der Waals surface area contributed by atoms with Crippen LogP contribution >= 0.6 is 0 Å². The molecule has 6 heteroatoms. The van der Waals surface area contributed by atoms with E-state index in [0.717, 1.165) is 0 Å². The normalized spacial score (nSPS) is 17.4. The van der Waals surface area contributed by atoms with Gasteiger partial charge in [0.1, 0.15) is 5.75 Å². The zero-order chi connectivity index (χ0) is 13.1. The molecule has 2 rings (SSSR count). The van der Waals surface area contributed by atoms with Gasteiger partial charge in [-0.3, -0.25) is 0 Å². The zero-order valence-electron chi connectivity index (χ0n) is 10.1. The van der Waals surface area contributed by atoms with Gasteiger partial charge in [0.15, 0.2) is 11.5 Å². The maximum atomic E-state index is 11.2. The van der Waals surface area contributed by atoms with Crippen molar-refractivity contribution in [1.29, 1.82) is 0 Å². The Hall–Kier alpha value is -2.37. The highest BCUT2D eigenvalue weighted by Crippen LogP contribution is 2.28. The standard InChI is InChI=1S/C12H12N2O4/c1-17-10-6-4-3-5-8(10)11(18-2)9-7-14(16)12(15)13-9/h3-6H,7H2,1-2H3/p+1. The Bertz CT molecular complexity index is 519. The number of rotatable bonds is 3. The monoisotopic (exact) mass is 249 g/mol. The van der Waals surface area contributed by atoms with Crippen LogP contribution < -0.4 is 10.1 Å². The molecule has 6 nitrogen and oxygen atoms in total. The summed E-state index contributed by atoms with van der Waals surface area (Å²) in [5.41, 5.74) is 1.12. The van der Waals surface area contributed by atoms with Crippen molar-refractivity contribution in [3.05, 3.63) is 40.4 Å². The molecule has 18 heavy (non-hydrogen) atoms. The average molecular weight is 249 g/mol. The number of nitrogens with zero attached hydrogens (tertiary/aromatic N) is 1. The summed E-state index contributed by atoms with van der Waals surface area (Å²) in [6.45, 7) is -0.0555. The van der Waals surface area contributed by atoms with Crippen LogP contribution in [0.25, 0.3) is 5.76 Å². The SMILES string of the molecule is COC(=C1C[N+](=O)C(=O)N1)c1ccccc1OC. The Morgan fingerprint density at radius 1 is 1.33 bits per heavy atom. The number of amides is 2. The first-order valence-corrected chi connectivity index (χ1v) is 5.33. The van der Waals surface area contributed by atoms with Crippen LogP contribution in [0.15, 0.2) is 30.0 Å². The van der Waals surface area contributed by atoms with Crippen molar-refractivity contribution in [2.45, 2.75) is 0 Å². The number of carbonyl (C=O) groups excluding carboxylic acids is 1. The second kappa shape index (κ2) is 4.87. The fourth-order valence-corrected chi connectivity index (χ4v) is 1.80. The predicted molar refractivity (Wildman–Crippen MR) is 63.9 cm³/mol. The highest BCUT2D eigenvalue weighted by molar-refractivity contribution is 5.77. The van der Waals surface area contributed by atoms with E-state index < -0.39 is 6.03 Å². The Kier molecular flexibility index (Phi) is 3.27. The van der Waals surface area contributed by atoms with Gasteiger partial charge >= 0.3 is 6.03 Å². The maximum absolute atomic E-state index is 11.2. The van der Waals surface area contributed by atoms with Crippen LogP contribution in [-0.2, 0) is 4.74 Å². The molecule has 94 valence electrons. The lowest BCUT2D eigenvalue weighted by atomic mass is 10.1. The predicted octanol–water partition coefficient (Wildman–Crippen LogP) is 1.51. The van der Waals surface area contributed by atoms with Crippen LogP contribution in [0.1, 0.15) is 5.56 Å². The number of para-hydroxylation sites is 1. The molecular formula is C12H13N2O4+. The minimum atomic E-state index is -0.686. The molecule has 1 saturated heterocycles. The number of hydrogen-bond acceptors (Lipinski definition) is 4. The molecule has 1 heterocycles. The van der Waals surface area contributed by atoms with E-state index in [0.29, 0.717) is 27.5 Å². The number of carbonyl (C=O) groups is 1. The smallest absolute Gasteiger partial charge is 0.496 e. The molecule has 1 aromatic carbocycles. The van der Waals surface area contributed by atoms with E-state index in [2.05, 4.69) is 5.32 Å². The lowest BCUT2D eigenvalue weighted by Gasteiger charge is -2.10. The third-order valence-corrected chi connectivity index (χ3v) is 2.62. The Morgan fingerprint density at radius 3 is 2.61 bits per heavy atom. The maximum Gasteiger partial charge on any atom is 0.534 e. The molecule has 1 fully saturated rings. The summed E-state index contributed by atoms with van der Waals surface area (Å²) in [6, 6.07) is 6.54. The first-order chi connectivity index (χ1) is 8.67. The van der Waals surface area contributed by atoms with Crippen LogP contribution in [-0.4, -0.2) is 31.6 Å². The highest BCUT2D eigenvalue weighted by atomic mass is 16.5. The molecule has 2 amide bonds. The van der Waals surface area contributed by atoms with Crippen molar-refractivity contribution in [3.8, 4) is 5.75 Å². The van der Waals surface area contributed by atoms with E-state index in [4.69, 9.17) is 9.47 Å². The zero-order valence-corrected chi connectivity index (χ0v) is 10.1. The van der Waals surface area contributed by atoms with Crippen molar-refractivity contribution >= 4 is 11.8 Å². The van der Waals surface area contributed by atoms with Gasteiger partial charge in [-0.15, -0.1) is 0 Å². The highest BCUT2D eigenvalue weighted by Gasteiger charge is 2.36. The quantitative estimate of drug-likeness (QED) is 0.651. The van der Waals surface area contributed by atoms with E-state index >= 15 is 0 Å². The average Bonchev–Trinajstić information content (AvgIpc) is 2.71. The van der Waals surface area contributed by atoms with Crippen LogP contribution in [0.5, 0.6) is 5.75 Å². The van der Waals surface area contributed by atoms with Crippen LogP contribution in [0, 0.1) is 4.91 Å². The van der Waals surface area contributed by atoms with E-state index in [9.17, 15) is 9.70 Å². The molecule has 1 aliphatic heterocycles. The van der Waals surface area contributed by atoms with E-state index in [-0.39, 0.29) is 6.54 Å². The molecule has 1 aliphatic rings. The molecule has 0 aromatic heterocycles. The molecule has 0 spiro atoms. The molecule has 0 radical (unpaired) electrons. The van der Waals surface area contributed by atoms with E-state index in [1.165, 1.54) is 7.11 Å². The molecule has 1 aromatic rings. The molecule has 1 N–H and O–H groups in total. The second-order valence-corrected chi connectivity index (χ2v) is 3.68. The summed E-state index contributed by atoms with van der Waals surface area (Å²) in [5.74, 6) is 1.04. The second-order valence-electron chi connectivity index (χ2n) is 3.68. The topological polar surface area (TPSA) is 67.6 Å². The summed E-state index contributed by atoms with van der Waals surface area (Å²) in [4.78, 5) is 22.3. The summed E-state index contributed by atoms with van der Waals surface area (Å²) in [6.07, 6.45) is 0. The Balaban J connectivity index is 2.49. The summed E-state index contributed by atoms with van der Waals surface area (Å²) in [5, 5.41) is 2.48. The number of nitroso groups, excluding NO2 is 1. The van der Waals surface area contributed by atoms with Gasteiger partial charge in [-0.2, -0.15) is 10.1 Å². The lowest BCUT2D eigenvalue weighted by molar-refractivity contribution is -0.427. The molecule has 0 aliphatic carbocycles. The Labute approximate surface area is 104 Å². The number of nitrogens with one attached hydrogen (secondary N) is 1. The number of hydrogen-bond donors (Lipinski definition) is 1. The third kappa shape index (κ3) is 2.04. The van der Waals surface area contributed by atoms with Crippen LogP contribution in [0.3, 0.4) is 0 Å². The number of benzene rings is 1. The van der Waals surface area contributed by atoms with Crippen molar-refractivity contribution in [3.63, 3.8) is 0 Å². The Morgan fingerprint density at radius 2 is 2.06 bits per heavy atom. The number of urea groups is 1. The summed E-state index contributed by atoms with van der Waals surface area (Å²) < 4.78 is 10.8. The molecular weight excluding hydrogens is 236 g/mol. The fourth-order valence-electron chi connectivity index (χ4n) is 1.80. The van der Waals surface area contributed by atoms with Gasteiger partial charge < -0.3 is 9.47 Å². The largest absolute Gasteiger partial charge is 0.534 e. The summed E-state index contributed by atoms with van der Waals surface area (Å²) in [7, 11) is 3.03. The van der Waals surface area contributed by atoms with Gasteiger partial charge in [-0.05, 0) is 12.1 Å². The fraction of sp³-hybridized carbons (Fsp3) is 0.250. The summed E-state index contributed by atoms with van der Waals surface area (Å²) >= 11 is 0. The van der Waals surface area contributed by atoms with Gasteiger partial charge in [0.25, 0.3) is 0 Å². The van der Waals surface area contributed by atoms with Crippen molar-refractivity contribution < 1.29 is 19.0 Å². The van der Waals surface area contributed by atoms with Gasteiger partial charge in [0, 0.05) is 4.76 Å². The van der Waals surface area contributed by atoms with E-state index in [1.807, 2.05) is 12.1 Å². The third-order valence-electron chi connectivity index (χ3n) is 2.62. The minimum absolute atomic E-state index is 0.0555. The van der Waals surface area contributed by atoms with Crippen LogP contribution in [0.2, 0.25) is 0 Å². The number of methoxy groups -OCH3 is 2.